The molecule has 1 aromatic carbocycles. The second kappa shape index (κ2) is 3.85. The molecular formula is C15H15N3O3. The molecule has 6 nitrogen and oxygen atoms in total. The molecule has 1 aromatic heterocycles. The molecular weight excluding hydrogens is 270 g/mol. The van der Waals surface area contributed by atoms with Crippen molar-refractivity contribution in [2.75, 3.05) is 0 Å². The molecule has 0 spiro atoms. The lowest BCUT2D eigenvalue weighted by Crippen LogP contribution is -2.39. The molecule has 2 aliphatic rings. The van der Waals surface area contributed by atoms with Gasteiger partial charge in [0.15, 0.2) is 0 Å². The van der Waals surface area contributed by atoms with Crippen molar-refractivity contribution in [1.82, 2.24) is 13.9 Å². The van der Waals surface area contributed by atoms with Gasteiger partial charge in [0.2, 0.25) is 0 Å². The lowest BCUT2D eigenvalue weighted by atomic mass is 9.91. The van der Waals surface area contributed by atoms with E-state index in [1.54, 1.807) is 24.3 Å². The van der Waals surface area contributed by atoms with Crippen LogP contribution in [0, 0.1) is 0 Å². The van der Waals surface area contributed by atoms with Gasteiger partial charge in [0.1, 0.15) is 17.7 Å². The Labute approximate surface area is 120 Å². The fourth-order valence-electron chi connectivity index (χ4n) is 3.50. The molecule has 108 valence electrons. The van der Waals surface area contributed by atoms with E-state index in [2.05, 4.69) is 0 Å². The zero-order valence-corrected chi connectivity index (χ0v) is 11.5. The SMILES string of the molecule is CCC1(O)[C@@H]2C=C[C@H]1n1c(=O)n(-c3ccccc3)c(=O)n12. The molecule has 0 saturated carbocycles. The number of hydrogen-bond acceptors (Lipinski definition) is 3. The Kier molecular flexibility index (Phi) is 2.28. The van der Waals surface area contributed by atoms with Gasteiger partial charge in [-0.05, 0) is 18.6 Å². The zero-order valence-electron chi connectivity index (χ0n) is 11.5. The van der Waals surface area contributed by atoms with Gasteiger partial charge in [-0.2, -0.15) is 0 Å². The van der Waals surface area contributed by atoms with Crippen LogP contribution in [-0.2, 0) is 0 Å². The quantitative estimate of drug-likeness (QED) is 0.822. The number of aliphatic hydroxyl groups is 1. The van der Waals surface area contributed by atoms with Crippen LogP contribution in [0.25, 0.3) is 5.69 Å². The van der Waals surface area contributed by atoms with Crippen LogP contribution in [0.3, 0.4) is 0 Å². The first-order valence-corrected chi connectivity index (χ1v) is 7.01. The van der Waals surface area contributed by atoms with E-state index in [0.717, 1.165) is 4.57 Å². The first-order chi connectivity index (χ1) is 10.1. The average molecular weight is 285 g/mol. The van der Waals surface area contributed by atoms with E-state index in [4.69, 9.17) is 0 Å². The van der Waals surface area contributed by atoms with E-state index in [-0.39, 0.29) is 0 Å². The number of benzene rings is 1. The van der Waals surface area contributed by atoms with Crippen LogP contribution in [-0.4, -0.2) is 24.6 Å². The molecule has 21 heavy (non-hydrogen) atoms. The Hall–Kier alpha value is -2.34. The molecule has 4 rings (SSSR count). The molecule has 1 aliphatic heterocycles. The minimum absolute atomic E-state index is 0.407. The number of aromatic nitrogens is 3. The zero-order chi connectivity index (χ0) is 14.8. The summed E-state index contributed by atoms with van der Waals surface area (Å²) in [6.07, 6.45) is 4.10. The molecule has 2 aromatic rings. The Morgan fingerprint density at radius 2 is 1.57 bits per heavy atom. The minimum atomic E-state index is -1.08. The number of rotatable bonds is 2. The highest BCUT2D eigenvalue weighted by Crippen LogP contribution is 2.47. The fourth-order valence-corrected chi connectivity index (χ4v) is 3.50. The summed E-state index contributed by atoms with van der Waals surface area (Å²) < 4.78 is 3.91. The van der Waals surface area contributed by atoms with Gasteiger partial charge in [-0.3, -0.25) is 0 Å². The third-order valence-electron chi connectivity index (χ3n) is 4.61. The molecule has 0 saturated heterocycles. The molecule has 0 amide bonds. The highest BCUT2D eigenvalue weighted by molar-refractivity contribution is 5.32. The third kappa shape index (κ3) is 1.30. The maximum atomic E-state index is 12.6. The molecule has 2 bridgehead atoms. The standard InChI is InChI=1S/C15H15N3O3/c1-2-15(21)11-8-9-12(15)18-14(20)16(13(19)17(11)18)10-6-4-3-5-7-10/h3-9,11-12,21H,2H2,1H3/t11-,12+,15?. The Morgan fingerprint density at radius 3 is 2.05 bits per heavy atom. The normalized spacial score (nSPS) is 29.0. The largest absolute Gasteiger partial charge is 0.385 e. The smallest absolute Gasteiger partial charge is 0.352 e. The topological polar surface area (TPSA) is 69.2 Å². The minimum Gasteiger partial charge on any atom is -0.385 e. The maximum Gasteiger partial charge on any atom is 0.352 e. The monoisotopic (exact) mass is 285 g/mol. The molecule has 1 aliphatic carbocycles. The van der Waals surface area contributed by atoms with Crippen molar-refractivity contribution in [3.8, 4) is 5.69 Å². The van der Waals surface area contributed by atoms with Gasteiger partial charge in [0.05, 0.1) is 5.69 Å². The van der Waals surface area contributed by atoms with Gasteiger partial charge in [0, 0.05) is 0 Å². The van der Waals surface area contributed by atoms with Crippen LogP contribution in [0.2, 0.25) is 0 Å². The van der Waals surface area contributed by atoms with Crippen LogP contribution < -0.4 is 11.4 Å². The fraction of sp³-hybridized carbons (Fsp3) is 0.333. The van der Waals surface area contributed by atoms with Gasteiger partial charge in [-0.25, -0.2) is 23.5 Å². The van der Waals surface area contributed by atoms with Crippen LogP contribution >= 0.6 is 0 Å². The third-order valence-corrected chi connectivity index (χ3v) is 4.61. The summed E-state index contributed by atoms with van der Waals surface area (Å²) in [4.78, 5) is 25.3. The lowest BCUT2D eigenvalue weighted by Gasteiger charge is -2.25. The van der Waals surface area contributed by atoms with Crippen LogP contribution in [0.5, 0.6) is 0 Å². The predicted octanol–water partition coefficient (Wildman–Crippen LogP) is 0.607. The van der Waals surface area contributed by atoms with Crippen LogP contribution in [0.1, 0.15) is 25.4 Å². The molecule has 0 fully saturated rings. The molecule has 3 atom stereocenters. The highest BCUT2D eigenvalue weighted by Gasteiger charge is 2.55. The van der Waals surface area contributed by atoms with Crippen molar-refractivity contribution in [3.63, 3.8) is 0 Å². The summed E-state index contributed by atoms with van der Waals surface area (Å²) in [7, 11) is 0. The van der Waals surface area contributed by atoms with Crippen molar-refractivity contribution in [2.45, 2.75) is 31.0 Å². The summed E-state index contributed by atoms with van der Waals surface area (Å²) in [6.45, 7) is 1.86. The molecule has 0 radical (unpaired) electrons. The van der Waals surface area contributed by atoms with Crippen molar-refractivity contribution in [2.24, 2.45) is 0 Å². The van der Waals surface area contributed by atoms with Crippen molar-refractivity contribution < 1.29 is 5.11 Å². The van der Waals surface area contributed by atoms with Crippen LogP contribution in [0.4, 0.5) is 0 Å². The Bertz CT molecular complexity index is 811. The number of nitrogens with zero attached hydrogens (tertiary/aromatic N) is 3. The van der Waals surface area contributed by atoms with Crippen molar-refractivity contribution in [3.05, 3.63) is 63.5 Å². The summed E-state index contributed by atoms with van der Waals surface area (Å²) in [5.74, 6) is 0. The van der Waals surface area contributed by atoms with Gasteiger partial charge in [-0.15, -0.1) is 0 Å². The van der Waals surface area contributed by atoms with E-state index >= 15 is 0 Å². The second-order valence-electron chi connectivity index (χ2n) is 5.54. The summed E-state index contributed by atoms with van der Waals surface area (Å²) in [6, 6.07) is 7.89. The van der Waals surface area contributed by atoms with E-state index < -0.39 is 29.1 Å². The van der Waals surface area contributed by atoms with Crippen molar-refractivity contribution in [1.29, 1.82) is 0 Å². The number of fused-ring (bicyclic) bond motifs is 5. The summed E-state index contributed by atoms with van der Waals surface area (Å²) in [5.41, 5.74) is -1.35. The Balaban J connectivity index is 2.00. The molecule has 1 N–H and O–H groups in total. The lowest BCUT2D eigenvalue weighted by molar-refractivity contribution is 0.0102. The maximum absolute atomic E-state index is 12.6. The molecule has 6 heteroatoms. The Morgan fingerprint density at radius 1 is 1.05 bits per heavy atom. The molecule has 2 heterocycles. The van der Waals surface area contributed by atoms with Crippen molar-refractivity contribution >= 4 is 0 Å². The summed E-state index contributed by atoms with van der Waals surface area (Å²) >= 11 is 0. The molecule has 1 unspecified atom stereocenters. The number of hydrogen-bond donors (Lipinski definition) is 1. The van der Waals surface area contributed by atoms with Gasteiger partial charge in [-0.1, -0.05) is 37.3 Å². The summed E-state index contributed by atoms with van der Waals surface area (Å²) in [5, 5.41) is 10.7. The average Bonchev–Trinajstić information content (AvgIpc) is 3.06. The highest BCUT2D eigenvalue weighted by atomic mass is 16.3. The predicted molar refractivity (Wildman–Crippen MR) is 76.7 cm³/mol. The van der Waals surface area contributed by atoms with Gasteiger partial charge >= 0.3 is 11.4 Å². The van der Waals surface area contributed by atoms with E-state index in [1.165, 1.54) is 9.36 Å². The number of para-hydroxylation sites is 1. The first-order valence-electron chi connectivity index (χ1n) is 7.01. The van der Waals surface area contributed by atoms with Gasteiger partial charge in [0.25, 0.3) is 0 Å². The van der Waals surface area contributed by atoms with Gasteiger partial charge < -0.3 is 5.11 Å². The first kappa shape index (κ1) is 12.4. The second-order valence-corrected chi connectivity index (χ2v) is 5.54. The van der Waals surface area contributed by atoms with E-state index in [1.807, 2.05) is 25.1 Å². The van der Waals surface area contributed by atoms with E-state index in [0.29, 0.717) is 12.1 Å². The van der Waals surface area contributed by atoms with Crippen LogP contribution in [0.15, 0.2) is 52.1 Å². The van der Waals surface area contributed by atoms with E-state index in [9.17, 15) is 14.7 Å².